The highest BCUT2D eigenvalue weighted by atomic mass is 32.1. The molecule has 0 amide bonds. The van der Waals surface area contributed by atoms with Crippen molar-refractivity contribution in [1.82, 2.24) is 9.47 Å². The molecule has 1 N–H and O–H groups in total. The van der Waals surface area contributed by atoms with Crippen molar-refractivity contribution in [2.75, 3.05) is 31.6 Å². The Hall–Kier alpha value is -2.71. The van der Waals surface area contributed by atoms with Gasteiger partial charge in [-0.2, -0.15) is 0 Å². The first-order chi connectivity index (χ1) is 14.3. The molecule has 0 saturated carbocycles. The van der Waals surface area contributed by atoms with Crippen LogP contribution < -0.4 is 10.3 Å². The fourth-order valence-corrected chi connectivity index (χ4v) is 5.12. The highest BCUT2D eigenvalue weighted by molar-refractivity contribution is 7.12. The van der Waals surface area contributed by atoms with Crippen LogP contribution in [0.25, 0.3) is 10.9 Å². The normalized spacial score (nSPS) is 17.6. The summed E-state index contributed by atoms with van der Waals surface area (Å²) >= 11 is 1.75. The Morgan fingerprint density at radius 3 is 2.70 bits per heavy atom. The van der Waals surface area contributed by atoms with E-state index in [0.717, 1.165) is 6.54 Å². The van der Waals surface area contributed by atoms with Crippen LogP contribution in [0.15, 0.2) is 35.3 Å². The fourth-order valence-electron chi connectivity index (χ4n) is 4.09. The first-order valence-electron chi connectivity index (χ1n) is 9.91. The minimum Gasteiger partial charge on any atom is -0.477 e. The van der Waals surface area contributed by atoms with E-state index in [-0.39, 0.29) is 17.0 Å². The van der Waals surface area contributed by atoms with Crippen LogP contribution in [0.5, 0.6) is 0 Å². The zero-order valence-electron chi connectivity index (χ0n) is 17.2. The standard InChI is InChI=1S/C22H24FN3O3S/c1-4-25-11-15(22(28)29)21(27)14-9-16(23)18(10-17(14)25)26-8-7-24(3)19(12-26)20-6-5-13(2)30-20/h5-6,9-11,19H,4,7-8,12H2,1-3H3,(H,28,29). The van der Waals surface area contributed by atoms with Gasteiger partial charge in [0, 0.05) is 47.5 Å². The average molecular weight is 430 g/mol. The van der Waals surface area contributed by atoms with Gasteiger partial charge in [-0.25, -0.2) is 9.18 Å². The molecule has 0 bridgehead atoms. The number of hydrogen-bond acceptors (Lipinski definition) is 5. The third-order valence-electron chi connectivity index (χ3n) is 5.80. The van der Waals surface area contributed by atoms with Crippen molar-refractivity contribution < 1.29 is 14.3 Å². The Balaban J connectivity index is 1.79. The van der Waals surface area contributed by atoms with Gasteiger partial charge in [0.2, 0.25) is 5.43 Å². The Bertz CT molecular complexity index is 1190. The molecule has 1 unspecified atom stereocenters. The molecule has 4 rings (SSSR count). The quantitative estimate of drug-likeness (QED) is 0.685. The maximum Gasteiger partial charge on any atom is 0.341 e. The predicted molar refractivity (Wildman–Crippen MR) is 117 cm³/mol. The fraction of sp³-hybridized carbons (Fsp3) is 0.364. The van der Waals surface area contributed by atoms with Crippen molar-refractivity contribution in [3.8, 4) is 0 Å². The van der Waals surface area contributed by atoms with Gasteiger partial charge in [0.1, 0.15) is 11.4 Å². The van der Waals surface area contributed by atoms with Crippen molar-refractivity contribution in [2.45, 2.75) is 26.4 Å². The first kappa shape index (κ1) is 20.6. The zero-order chi connectivity index (χ0) is 21.6. The molecule has 1 aliphatic rings. The van der Waals surface area contributed by atoms with E-state index in [4.69, 9.17) is 0 Å². The van der Waals surface area contributed by atoms with E-state index in [1.54, 1.807) is 22.0 Å². The van der Waals surface area contributed by atoms with Crippen LogP contribution in [0.4, 0.5) is 10.1 Å². The third-order valence-corrected chi connectivity index (χ3v) is 6.90. The average Bonchev–Trinajstić information content (AvgIpc) is 3.14. The smallest absolute Gasteiger partial charge is 0.341 e. The SMILES string of the molecule is CCn1cc(C(=O)O)c(=O)c2cc(F)c(N3CCN(C)C(c4ccc(C)s4)C3)cc21. The van der Waals surface area contributed by atoms with E-state index in [1.807, 2.05) is 11.8 Å². The molecular weight excluding hydrogens is 405 g/mol. The number of pyridine rings is 1. The summed E-state index contributed by atoms with van der Waals surface area (Å²) in [4.78, 5) is 30.8. The Morgan fingerprint density at radius 1 is 1.30 bits per heavy atom. The van der Waals surface area contributed by atoms with Crippen molar-refractivity contribution in [3.05, 3.63) is 61.8 Å². The lowest BCUT2D eigenvalue weighted by Gasteiger charge is -2.40. The number of likely N-dealkylation sites (N-methyl/N-ethyl adjacent to an activating group) is 1. The highest BCUT2D eigenvalue weighted by Gasteiger charge is 2.29. The van der Waals surface area contributed by atoms with E-state index in [2.05, 4.69) is 31.0 Å². The summed E-state index contributed by atoms with van der Waals surface area (Å²) < 4.78 is 16.8. The largest absolute Gasteiger partial charge is 0.477 e. The number of aromatic nitrogens is 1. The number of piperazine rings is 1. The van der Waals surface area contributed by atoms with E-state index < -0.39 is 17.2 Å². The van der Waals surface area contributed by atoms with Crippen LogP contribution in [0.1, 0.15) is 33.1 Å². The zero-order valence-corrected chi connectivity index (χ0v) is 18.0. The number of nitrogens with zero attached hydrogens (tertiary/aromatic N) is 3. The van der Waals surface area contributed by atoms with Gasteiger partial charge in [-0.05, 0) is 45.2 Å². The molecular formula is C22H24FN3O3S. The number of aryl methyl sites for hydroxylation is 2. The van der Waals surface area contributed by atoms with Gasteiger partial charge in [-0.3, -0.25) is 9.69 Å². The van der Waals surface area contributed by atoms with Gasteiger partial charge in [0.15, 0.2) is 0 Å². The molecule has 0 spiro atoms. The number of hydrogen-bond donors (Lipinski definition) is 1. The molecule has 158 valence electrons. The predicted octanol–water partition coefficient (Wildman–Crippen LogP) is 3.72. The maximum atomic E-state index is 15.1. The lowest BCUT2D eigenvalue weighted by Crippen LogP contribution is -2.46. The summed E-state index contributed by atoms with van der Waals surface area (Å²) in [5.41, 5.74) is -0.00732. The number of carbonyl (C=O) groups is 1. The molecule has 2 aromatic heterocycles. The van der Waals surface area contributed by atoms with E-state index in [0.29, 0.717) is 30.8 Å². The summed E-state index contributed by atoms with van der Waals surface area (Å²) in [5.74, 6) is -1.81. The first-order valence-corrected chi connectivity index (χ1v) is 10.7. The minimum atomic E-state index is -1.30. The van der Waals surface area contributed by atoms with Crippen molar-refractivity contribution in [1.29, 1.82) is 0 Å². The van der Waals surface area contributed by atoms with Crippen molar-refractivity contribution >= 4 is 33.9 Å². The summed E-state index contributed by atoms with van der Waals surface area (Å²) in [6.07, 6.45) is 1.34. The molecule has 30 heavy (non-hydrogen) atoms. The summed E-state index contributed by atoms with van der Waals surface area (Å²) in [6, 6.07) is 7.26. The summed E-state index contributed by atoms with van der Waals surface area (Å²) in [6.45, 7) is 6.52. The second-order valence-corrected chi connectivity index (χ2v) is 8.99. The molecule has 0 radical (unpaired) electrons. The summed E-state index contributed by atoms with van der Waals surface area (Å²) in [5, 5.41) is 9.41. The number of aromatic carboxylic acids is 1. The lowest BCUT2D eigenvalue weighted by atomic mass is 10.1. The monoisotopic (exact) mass is 429 g/mol. The molecule has 0 aliphatic carbocycles. The van der Waals surface area contributed by atoms with Crippen molar-refractivity contribution in [3.63, 3.8) is 0 Å². The van der Waals surface area contributed by atoms with Crippen molar-refractivity contribution in [2.24, 2.45) is 0 Å². The summed E-state index contributed by atoms with van der Waals surface area (Å²) in [7, 11) is 2.08. The van der Waals surface area contributed by atoms with Gasteiger partial charge in [0.05, 0.1) is 17.2 Å². The van der Waals surface area contributed by atoms with Gasteiger partial charge >= 0.3 is 5.97 Å². The Labute approximate surface area is 177 Å². The van der Waals surface area contributed by atoms with Crippen LogP contribution in [0.3, 0.4) is 0 Å². The van der Waals surface area contributed by atoms with E-state index in [1.165, 1.54) is 22.0 Å². The molecule has 3 aromatic rings. The number of fused-ring (bicyclic) bond motifs is 1. The minimum absolute atomic E-state index is 0.0950. The number of thiophene rings is 1. The molecule has 1 fully saturated rings. The van der Waals surface area contributed by atoms with Gasteiger partial charge < -0.3 is 14.6 Å². The molecule has 3 heterocycles. The van der Waals surface area contributed by atoms with Crippen LogP contribution in [-0.2, 0) is 6.54 Å². The molecule has 1 atom stereocenters. The molecule has 6 nitrogen and oxygen atoms in total. The van der Waals surface area contributed by atoms with Crippen LogP contribution >= 0.6 is 11.3 Å². The third kappa shape index (κ3) is 3.50. The number of carboxylic acids is 1. The van der Waals surface area contributed by atoms with E-state index in [9.17, 15) is 14.7 Å². The second kappa shape index (κ2) is 7.85. The van der Waals surface area contributed by atoms with E-state index >= 15 is 4.39 Å². The second-order valence-electron chi connectivity index (χ2n) is 7.67. The number of rotatable bonds is 4. The number of benzene rings is 1. The highest BCUT2D eigenvalue weighted by Crippen LogP contribution is 2.33. The molecule has 8 heteroatoms. The molecule has 1 aromatic carbocycles. The van der Waals surface area contributed by atoms with Crippen LogP contribution in [0, 0.1) is 12.7 Å². The number of anilines is 1. The number of carboxylic acid groups (broad SMARTS) is 1. The van der Waals surface area contributed by atoms with Gasteiger partial charge in [-0.1, -0.05) is 0 Å². The van der Waals surface area contributed by atoms with Crippen LogP contribution in [0.2, 0.25) is 0 Å². The lowest BCUT2D eigenvalue weighted by molar-refractivity contribution is 0.0695. The topological polar surface area (TPSA) is 65.8 Å². The molecule has 1 saturated heterocycles. The number of halogens is 1. The Kier molecular flexibility index (Phi) is 5.38. The van der Waals surface area contributed by atoms with Gasteiger partial charge in [0.25, 0.3) is 0 Å². The van der Waals surface area contributed by atoms with Gasteiger partial charge in [-0.15, -0.1) is 11.3 Å². The molecule has 1 aliphatic heterocycles. The Morgan fingerprint density at radius 2 is 2.07 bits per heavy atom. The van der Waals surface area contributed by atoms with Crippen LogP contribution in [-0.4, -0.2) is 47.2 Å². The maximum absolute atomic E-state index is 15.1.